The van der Waals surface area contributed by atoms with Gasteiger partial charge in [0.05, 0.1) is 12.3 Å². The van der Waals surface area contributed by atoms with E-state index in [1.54, 1.807) is 6.92 Å². The molecule has 0 unspecified atom stereocenters. The fraction of sp³-hybridized carbons (Fsp3) is 0.667. The molecule has 0 amide bonds. The Morgan fingerprint density at radius 3 is 2.42 bits per heavy atom. The quantitative estimate of drug-likeness (QED) is 0.666. The van der Waals surface area contributed by atoms with Crippen molar-refractivity contribution in [1.29, 1.82) is 0 Å². The van der Waals surface area contributed by atoms with Gasteiger partial charge in [0.15, 0.2) is 12.1 Å². The summed E-state index contributed by atoms with van der Waals surface area (Å²) in [6.45, 7) is 5.81. The normalized spacial score (nSPS) is 31.7. The third kappa shape index (κ3) is 3.90. The maximum atomic E-state index is 12.8. The second-order valence-corrected chi connectivity index (χ2v) is 9.60. The first-order chi connectivity index (χ1) is 12.3. The second kappa shape index (κ2) is 7.68. The van der Waals surface area contributed by atoms with Crippen molar-refractivity contribution in [3.8, 4) is 0 Å². The van der Waals surface area contributed by atoms with Gasteiger partial charge in [-0.25, -0.2) is 0 Å². The molecular formula is C18H27O7P. The third-order valence-electron chi connectivity index (χ3n) is 4.80. The number of hydrogen-bond acceptors (Lipinski definition) is 7. The molecule has 5 atom stereocenters. The highest BCUT2D eigenvalue weighted by molar-refractivity contribution is 7.54. The summed E-state index contributed by atoms with van der Waals surface area (Å²) in [6.07, 6.45) is -2.00. The number of rotatable bonds is 7. The van der Waals surface area contributed by atoms with E-state index < -0.39 is 43.6 Å². The summed E-state index contributed by atoms with van der Waals surface area (Å²) in [6, 6.07) is 9.82. The minimum atomic E-state index is -3.34. The Morgan fingerprint density at radius 1 is 1.15 bits per heavy atom. The highest BCUT2D eigenvalue weighted by Crippen LogP contribution is 2.56. The van der Waals surface area contributed by atoms with Crippen molar-refractivity contribution in [3.05, 3.63) is 35.9 Å². The van der Waals surface area contributed by atoms with Crippen LogP contribution >= 0.6 is 7.60 Å². The van der Waals surface area contributed by atoms with Crippen molar-refractivity contribution in [3.63, 3.8) is 0 Å². The van der Waals surface area contributed by atoms with E-state index in [1.165, 1.54) is 14.2 Å². The van der Waals surface area contributed by atoms with E-state index in [0.29, 0.717) is 6.61 Å². The lowest BCUT2D eigenvalue weighted by atomic mass is 10.1. The van der Waals surface area contributed by atoms with Gasteiger partial charge in [-0.1, -0.05) is 30.3 Å². The zero-order chi connectivity index (χ0) is 18.9. The SMILES string of the molecule is COP(=O)(OC)[C@H](C)[C@H]1O[C@H]2OC(C)(C)O[C@H]2[C@H]1OCc1ccccc1. The molecule has 2 heterocycles. The number of ether oxygens (including phenoxy) is 4. The fourth-order valence-electron chi connectivity index (χ4n) is 3.44. The van der Waals surface area contributed by atoms with Crippen molar-refractivity contribution in [2.75, 3.05) is 14.2 Å². The van der Waals surface area contributed by atoms with E-state index in [2.05, 4.69) is 0 Å². The van der Waals surface area contributed by atoms with Crippen molar-refractivity contribution in [2.45, 2.75) is 63.4 Å². The van der Waals surface area contributed by atoms with Crippen LogP contribution in [0.5, 0.6) is 0 Å². The Labute approximate surface area is 154 Å². The van der Waals surface area contributed by atoms with Crippen molar-refractivity contribution in [2.24, 2.45) is 0 Å². The van der Waals surface area contributed by atoms with E-state index >= 15 is 0 Å². The number of hydrogen-bond donors (Lipinski definition) is 0. The molecule has 3 rings (SSSR count). The number of benzene rings is 1. The molecule has 2 aliphatic heterocycles. The second-order valence-electron chi connectivity index (χ2n) is 6.98. The highest BCUT2D eigenvalue weighted by atomic mass is 31.2. The predicted octanol–water partition coefficient (Wildman–Crippen LogP) is 3.32. The molecule has 2 saturated heterocycles. The molecule has 0 bridgehead atoms. The Balaban J connectivity index is 1.80. The van der Waals surface area contributed by atoms with Gasteiger partial charge in [0.1, 0.15) is 18.3 Å². The average molecular weight is 386 g/mol. The van der Waals surface area contributed by atoms with E-state index in [4.69, 9.17) is 28.0 Å². The van der Waals surface area contributed by atoms with Crippen LogP contribution < -0.4 is 0 Å². The van der Waals surface area contributed by atoms with Gasteiger partial charge in [0.25, 0.3) is 0 Å². The molecule has 0 N–H and O–H groups in total. The first-order valence-corrected chi connectivity index (χ1v) is 10.3. The predicted molar refractivity (Wildman–Crippen MR) is 94.8 cm³/mol. The van der Waals surface area contributed by atoms with Crippen molar-refractivity contribution in [1.82, 2.24) is 0 Å². The molecule has 146 valence electrons. The van der Waals surface area contributed by atoms with Gasteiger partial charge >= 0.3 is 7.60 Å². The standard InChI is InChI=1S/C18H27O7P/c1-12(26(19,20-4)21-5)14-15(22-11-13-9-7-6-8-10-13)16-17(23-14)25-18(2,3)24-16/h6-10,12,14-17H,11H2,1-5H3/t12-,14-,15+,16+,17+/m1/s1. The molecule has 7 nitrogen and oxygen atoms in total. The summed E-state index contributed by atoms with van der Waals surface area (Å²) in [4.78, 5) is 0. The molecule has 0 saturated carbocycles. The largest absolute Gasteiger partial charge is 0.368 e. The smallest absolute Gasteiger partial charge is 0.335 e. The summed E-state index contributed by atoms with van der Waals surface area (Å²) in [5.74, 6) is -0.760. The molecular weight excluding hydrogens is 359 g/mol. The minimum absolute atomic E-state index is 0.384. The Morgan fingerprint density at radius 2 is 1.81 bits per heavy atom. The molecule has 1 aromatic rings. The van der Waals surface area contributed by atoms with Crippen LogP contribution in [0.4, 0.5) is 0 Å². The van der Waals surface area contributed by atoms with E-state index in [1.807, 2.05) is 44.2 Å². The van der Waals surface area contributed by atoms with Gasteiger partial charge in [-0.05, 0) is 26.3 Å². The van der Waals surface area contributed by atoms with Crippen molar-refractivity contribution >= 4 is 7.60 Å². The Hall–Kier alpha value is -0.790. The topological polar surface area (TPSA) is 72.5 Å². The lowest BCUT2D eigenvalue weighted by Gasteiger charge is -2.31. The third-order valence-corrected chi connectivity index (χ3v) is 7.10. The summed E-state index contributed by atoms with van der Waals surface area (Å²) in [5, 5.41) is 0. The lowest BCUT2D eigenvalue weighted by Crippen LogP contribution is -2.41. The van der Waals surface area contributed by atoms with Gasteiger partial charge in [-0.3, -0.25) is 4.57 Å². The van der Waals surface area contributed by atoms with Crippen LogP contribution in [0.1, 0.15) is 26.3 Å². The van der Waals surface area contributed by atoms with Crippen LogP contribution in [-0.2, 0) is 39.2 Å². The monoisotopic (exact) mass is 386 g/mol. The summed E-state index contributed by atoms with van der Waals surface area (Å²) in [5.41, 5.74) is 0.487. The molecule has 2 fully saturated rings. The van der Waals surface area contributed by atoms with Crippen LogP contribution in [-0.4, -0.2) is 50.3 Å². The summed E-state index contributed by atoms with van der Waals surface area (Å²) >= 11 is 0. The lowest BCUT2D eigenvalue weighted by molar-refractivity contribution is -0.219. The fourth-order valence-corrected chi connectivity index (χ4v) is 4.85. The van der Waals surface area contributed by atoms with Gasteiger partial charge in [0.2, 0.25) is 0 Å². The van der Waals surface area contributed by atoms with Gasteiger partial charge < -0.3 is 28.0 Å². The first kappa shape index (κ1) is 20.0. The molecule has 0 spiro atoms. The van der Waals surface area contributed by atoms with Gasteiger partial charge in [-0.2, -0.15) is 0 Å². The van der Waals surface area contributed by atoms with Crippen LogP contribution in [0, 0.1) is 0 Å². The Bertz CT molecular complexity index is 642. The number of fused-ring (bicyclic) bond motifs is 1. The maximum absolute atomic E-state index is 12.8. The summed E-state index contributed by atoms with van der Waals surface area (Å²) in [7, 11) is -0.607. The van der Waals surface area contributed by atoms with Gasteiger partial charge in [0, 0.05) is 14.2 Å². The molecule has 0 aromatic heterocycles. The maximum Gasteiger partial charge on any atom is 0.335 e. The summed E-state index contributed by atoms with van der Waals surface area (Å²) < 4.78 is 47.1. The van der Waals surface area contributed by atoms with E-state index in [-0.39, 0.29) is 0 Å². The van der Waals surface area contributed by atoms with Crippen LogP contribution in [0.15, 0.2) is 30.3 Å². The molecule has 26 heavy (non-hydrogen) atoms. The zero-order valence-electron chi connectivity index (χ0n) is 15.8. The molecule has 0 radical (unpaired) electrons. The molecule has 8 heteroatoms. The molecule has 2 aliphatic rings. The average Bonchev–Trinajstić information content (AvgIpc) is 3.11. The van der Waals surface area contributed by atoms with Crippen LogP contribution in [0.2, 0.25) is 0 Å². The Kier molecular flexibility index (Phi) is 5.89. The van der Waals surface area contributed by atoms with Crippen LogP contribution in [0.3, 0.4) is 0 Å². The molecule has 0 aliphatic carbocycles. The highest BCUT2D eigenvalue weighted by Gasteiger charge is 2.59. The zero-order valence-corrected chi connectivity index (χ0v) is 16.7. The molecule has 1 aromatic carbocycles. The van der Waals surface area contributed by atoms with Crippen molar-refractivity contribution < 1.29 is 32.6 Å². The first-order valence-electron chi connectivity index (χ1n) is 8.67. The minimum Gasteiger partial charge on any atom is -0.368 e. The van der Waals surface area contributed by atoms with E-state index in [9.17, 15) is 4.57 Å². The van der Waals surface area contributed by atoms with E-state index in [0.717, 1.165) is 5.56 Å². The van der Waals surface area contributed by atoms with Gasteiger partial charge in [-0.15, -0.1) is 0 Å². The van der Waals surface area contributed by atoms with Crippen LogP contribution in [0.25, 0.3) is 0 Å².